The Bertz CT molecular complexity index is 576. The fraction of sp³-hybridized carbons (Fsp3) is 0.500. The molecule has 1 fully saturated rings. The highest BCUT2D eigenvalue weighted by Gasteiger charge is 2.24. The second-order valence-corrected chi connectivity index (χ2v) is 5.84. The lowest BCUT2D eigenvalue weighted by atomic mass is 10.0. The molecule has 0 aromatic carbocycles. The molecule has 0 atom stereocenters. The van der Waals surface area contributed by atoms with Crippen molar-refractivity contribution in [1.29, 1.82) is 0 Å². The molecule has 2 heterocycles. The van der Waals surface area contributed by atoms with Crippen molar-refractivity contribution in [2.45, 2.75) is 38.5 Å². The maximum absolute atomic E-state index is 4.75. The summed E-state index contributed by atoms with van der Waals surface area (Å²) < 4.78 is 1.00. The van der Waals surface area contributed by atoms with Crippen molar-refractivity contribution in [2.75, 3.05) is 11.9 Å². The number of rotatable bonds is 4. The Labute approximate surface area is 126 Å². The Morgan fingerprint density at radius 2 is 2.15 bits per heavy atom. The van der Waals surface area contributed by atoms with E-state index in [0.717, 1.165) is 28.4 Å². The van der Waals surface area contributed by atoms with Crippen molar-refractivity contribution in [3.05, 3.63) is 22.6 Å². The standard InChI is InChI=1S/C14H18BrN5/c1-2-16-12-10(15)11(9-5-3-4-6-9)19-14(20-12)13-17-7-8-18-13/h7-9H,2-6H2,1H3,(H,17,18)(H,16,19,20). The maximum atomic E-state index is 4.75. The third-order valence-electron chi connectivity index (χ3n) is 3.67. The molecular weight excluding hydrogens is 318 g/mol. The molecule has 2 aromatic rings. The van der Waals surface area contributed by atoms with Crippen LogP contribution < -0.4 is 5.32 Å². The smallest absolute Gasteiger partial charge is 0.197 e. The molecule has 1 aliphatic carbocycles. The van der Waals surface area contributed by atoms with E-state index in [9.17, 15) is 0 Å². The van der Waals surface area contributed by atoms with E-state index in [1.54, 1.807) is 12.4 Å². The van der Waals surface area contributed by atoms with Crippen LogP contribution in [0, 0.1) is 0 Å². The Hall–Kier alpha value is -1.43. The van der Waals surface area contributed by atoms with E-state index in [2.05, 4.69) is 43.1 Å². The van der Waals surface area contributed by atoms with Gasteiger partial charge < -0.3 is 10.3 Å². The number of anilines is 1. The minimum absolute atomic E-state index is 0.526. The zero-order chi connectivity index (χ0) is 13.9. The van der Waals surface area contributed by atoms with Gasteiger partial charge in [0.15, 0.2) is 11.6 Å². The number of halogens is 1. The molecule has 2 aromatic heterocycles. The van der Waals surface area contributed by atoms with Crippen molar-refractivity contribution in [1.82, 2.24) is 19.9 Å². The van der Waals surface area contributed by atoms with Gasteiger partial charge in [-0.1, -0.05) is 12.8 Å². The van der Waals surface area contributed by atoms with Gasteiger partial charge in [0, 0.05) is 24.9 Å². The summed E-state index contributed by atoms with van der Waals surface area (Å²) in [6, 6.07) is 0. The summed E-state index contributed by atoms with van der Waals surface area (Å²) in [5.41, 5.74) is 1.11. The largest absolute Gasteiger partial charge is 0.369 e. The number of nitrogens with zero attached hydrogens (tertiary/aromatic N) is 3. The summed E-state index contributed by atoms with van der Waals surface area (Å²) in [7, 11) is 0. The summed E-state index contributed by atoms with van der Waals surface area (Å²) in [5.74, 6) is 2.77. The van der Waals surface area contributed by atoms with Gasteiger partial charge in [0.1, 0.15) is 5.82 Å². The molecule has 6 heteroatoms. The molecule has 0 saturated heterocycles. The van der Waals surface area contributed by atoms with Crippen molar-refractivity contribution in [2.24, 2.45) is 0 Å². The van der Waals surface area contributed by atoms with E-state index in [1.165, 1.54) is 25.7 Å². The second kappa shape index (κ2) is 5.91. The lowest BCUT2D eigenvalue weighted by molar-refractivity contribution is 0.690. The Balaban J connectivity index is 2.07. The molecule has 0 bridgehead atoms. The summed E-state index contributed by atoms with van der Waals surface area (Å²) in [6.07, 6.45) is 8.50. The van der Waals surface area contributed by atoms with Crippen LogP contribution in [0.5, 0.6) is 0 Å². The van der Waals surface area contributed by atoms with Gasteiger partial charge >= 0.3 is 0 Å². The normalized spacial score (nSPS) is 15.7. The van der Waals surface area contributed by atoms with Gasteiger partial charge in [0.2, 0.25) is 0 Å². The summed E-state index contributed by atoms with van der Waals surface area (Å²) >= 11 is 3.67. The second-order valence-electron chi connectivity index (χ2n) is 5.04. The first-order chi connectivity index (χ1) is 9.79. The summed E-state index contributed by atoms with van der Waals surface area (Å²) in [5, 5.41) is 3.30. The van der Waals surface area contributed by atoms with Gasteiger partial charge in [0.25, 0.3) is 0 Å². The molecule has 1 aliphatic rings. The molecule has 1 saturated carbocycles. The number of aromatic amines is 1. The molecule has 0 amide bonds. The Kier molecular flexibility index (Phi) is 4.00. The third kappa shape index (κ3) is 2.57. The van der Waals surface area contributed by atoms with E-state index in [0.29, 0.717) is 11.7 Å². The highest BCUT2D eigenvalue weighted by Crippen LogP contribution is 2.39. The van der Waals surface area contributed by atoms with Gasteiger partial charge in [0.05, 0.1) is 10.2 Å². The van der Waals surface area contributed by atoms with Crippen LogP contribution in [0.3, 0.4) is 0 Å². The average Bonchev–Trinajstić information content (AvgIpc) is 3.14. The highest BCUT2D eigenvalue weighted by atomic mass is 79.9. The van der Waals surface area contributed by atoms with Crippen LogP contribution in [0.15, 0.2) is 16.9 Å². The molecule has 20 heavy (non-hydrogen) atoms. The minimum atomic E-state index is 0.526. The van der Waals surface area contributed by atoms with Gasteiger partial charge in [-0.3, -0.25) is 0 Å². The van der Waals surface area contributed by atoms with Gasteiger partial charge in [-0.25, -0.2) is 15.0 Å². The predicted octanol–water partition coefficient (Wildman–Crippen LogP) is 3.72. The molecule has 0 unspecified atom stereocenters. The fourth-order valence-electron chi connectivity index (χ4n) is 2.71. The zero-order valence-corrected chi connectivity index (χ0v) is 13.1. The zero-order valence-electron chi connectivity index (χ0n) is 11.5. The van der Waals surface area contributed by atoms with E-state index < -0.39 is 0 Å². The van der Waals surface area contributed by atoms with Crippen molar-refractivity contribution in [3.63, 3.8) is 0 Å². The number of imidazole rings is 1. The van der Waals surface area contributed by atoms with Crippen LogP contribution in [0.25, 0.3) is 11.6 Å². The number of aromatic nitrogens is 4. The van der Waals surface area contributed by atoms with E-state index in [-0.39, 0.29) is 0 Å². The van der Waals surface area contributed by atoms with Gasteiger partial charge in [-0.2, -0.15) is 0 Å². The maximum Gasteiger partial charge on any atom is 0.197 e. The van der Waals surface area contributed by atoms with Gasteiger partial charge in [-0.15, -0.1) is 0 Å². The molecule has 0 aliphatic heterocycles. The van der Waals surface area contributed by atoms with Crippen LogP contribution in [-0.2, 0) is 0 Å². The fourth-order valence-corrected chi connectivity index (χ4v) is 3.35. The quantitative estimate of drug-likeness (QED) is 0.893. The van der Waals surface area contributed by atoms with Crippen LogP contribution in [0.4, 0.5) is 5.82 Å². The van der Waals surface area contributed by atoms with E-state index >= 15 is 0 Å². The molecule has 0 spiro atoms. The summed E-state index contributed by atoms with van der Waals surface area (Å²) in [4.78, 5) is 16.7. The van der Waals surface area contributed by atoms with E-state index in [4.69, 9.17) is 4.98 Å². The monoisotopic (exact) mass is 335 g/mol. The lowest BCUT2D eigenvalue weighted by Crippen LogP contribution is -2.08. The number of nitrogens with one attached hydrogen (secondary N) is 2. The average molecular weight is 336 g/mol. The predicted molar refractivity (Wildman–Crippen MR) is 82.7 cm³/mol. The highest BCUT2D eigenvalue weighted by molar-refractivity contribution is 9.10. The minimum Gasteiger partial charge on any atom is -0.369 e. The molecule has 0 radical (unpaired) electrons. The first-order valence-corrected chi connectivity index (χ1v) is 7.90. The molecule has 3 rings (SSSR count). The SMILES string of the molecule is CCNc1nc(-c2ncc[nH]2)nc(C2CCCC2)c1Br. The lowest BCUT2D eigenvalue weighted by Gasteiger charge is -2.15. The Morgan fingerprint density at radius 1 is 1.35 bits per heavy atom. The molecule has 106 valence electrons. The van der Waals surface area contributed by atoms with Gasteiger partial charge in [-0.05, 0) is 35.7 Å². The van der Waals surface area contributed by atoms with Crippen LogP contribution >= 0.6 is 15.9 Å². The topological polar surface area (TPSA) is 66.5 Å². The number of H-pyrrole nitrogens is 1. The van der Waals surface area contributed by atoms with Crippen molar-refractivity contribution < 1.29 is 0 Å². The number of hydrogen-bond donors (Lipinski definition) is 2. The van der Waals surface area contributed by atoms with Crippen molar-refractivity contribution >= 4 is 21.7 Å². The Morgan fingerprint density at radius 3 is 2.80 bits per heavy atom. The third-order valence-corrected chi connectivity index (χ3v) is 4.45. The molecule has 5 nitrogen and oxygen atoms in total. The summed E-state index contributed by atoms with van der Waals surface area (Å²) in [6.45, 7) is 2.90. The first-order valence-electron chi connectivity index (χ1n) is 7.10. The van der Waals surface area contributed by atoms with E-state index in [1.807, 2.05) is 0 Å². The van der Waals surface area contributed by atoms with Crippen LogP contribution in [0.1, 0.15) is 44.2 Å². The van der Waals surface area contributed by atoms with Crippen molar-refractivity contribution in [3.8, 4) is 11.6 Å². The number of hydrogen-bond acceptors (Lipinski definition) is 4. The molecule has 2 N–H and O–H groups in total. The first kappa shape index (κ1) is 13.5. The van der Waals surface area contributed by atoms with Crippen LogP contribution in [0.2, 0.25) is 0 Å². The van der Waals surface area contributed by atoms with Crippen LogP contribution in [-0.4, -0.2) is 26.5 Å². The molecular formula is C14H18BrN5.